The molecule has 0 aliphatic carbocycles. The molecule has 10 rings (SSSR count). The normalized spacial score (nSPS) is 11.8. The first-order chi connectivity index (χ1) is 24.2. The minimum Gasteiger partial charge on any atom is -0.456 e. The number of hydrogen-bond acceptors (Lipinski definition) is 3. The molecule has 49 heavy (non-hydrogen) atoms. The van der Waals surface area contributed by atoms with E-state index in [0.29, 0.717) is 16.7 Å². The van der Waals surface area contributed by atoms with Crippen molar-refractivity contribution in [3.63, 3.8) is 0 Å². The van der Waals surface area contributed by atoms with Gasteiger partial charge in [-0.3, -0.25) is 9.36 Å². The third-order valence-electron chi connectivity index (χ3n) is 9.59. The summed E-state index contributed by atoms with van der Waals surface area (Å²) in [6.45, 7) is 0. The number of hydrogen-bond donors (Lipinski definition) is 1. The van der Waals surface area contributed by atoms with E-state index >= 15 is 0 Å². The van der Waals surface area contributed by atoms with Crippen LogP contribution in [0.5, 0.6) is 0 Å². The summed E-state index contributed by atoms with van der Waals surface area (Å²) in [5.74, 6) is 0.614. The highest BCUT2D eigenvalue weighted by Crippen LogP contribution is 2.38. The first kappa shape index (κ1) is 27.4. The predicted octanol–water partition coefficient (Wildman–Crippen LogP) is 10.9. The lowest BCUT2D eigenvalue weighted by molar-refractivity contribution is 0.669. The predicted molar refractivity (Wildman–Crippen MR) is 200 cm³/mol. The van der Waals surface area contributed by atoms with Crippen LogP contribution in [0.15, 0.2) is 167 Å². The zero-order chi connectivity index (χ0) is 32.5. The molecule has 0 aliphatic rings. The summed E-state index contributed by atoms with van der Waals surface area (Å²) in [6.07, 6.45) is 0. The van der Waals surface area contributed by atoms with Gasteiger partial charge in [-0.2, -0.15) is 0 Å². The van der Waals surface area contributed by atoms with Gasteiger partial charge in [0.15, 0.2) is 0 Å². The van der Waals surface area contributed by atoms with E-state index in [1.54, 1.807) is 4.57 Å². The van der Waals surface area contributed by atoms with Crippen LogP contribution in [0.25, 0.3) is 94.0 Å². The molecule has 0 atom stereocenters. The third kappa shape index (κ3) is 4.33. The van der Waals surface area contributed by atoms with Crippen LogP contribution in [0.3, 0.4) is 0 Å². The maximum absolute atomic E-state index is 13.7. The fraction of sp³-hybridized carbons (Fsp3) is 0. The first-order valence-electron chi connectivity index (χ1n) is 16.3. The minimum atomic E-state index is -0.0851. The number of furan rings is 1. The Bertz CT molecular complexity index is 2950. The second-order valence-corrected chi connectivity index (χ2v) is 12.4. The molecule has 0 spiro atoms. The molecule has 0 fully saturated rings. The van der Waals surface area contributed by atoms with Crippen molar-refractivity contribution in [1.82, 2.24) is 14.5 Å². The number of nitrogens with zero attached hydrogens (tertiary/aromatic N) is 2. The fourth-order valence-corrected chi connectivity index (χ4v) is 7.19. The number of nitrogens with one attached hydrogen (secondary N) is 1. The van der Waals surface area contributed by atoms with E-state index in [1.807, 2.05) is 66.7 Å². The van der Waals surface area contributed by atoms with Crippen molar-refractivity contribution in [2.45, 2.75) is 0 Å². The Morgan fingerprint density at radius 2 is 1.18 bits per heavy atom. The summed E-state index contributed by atoms with van der Waals surface area (Å²) < 4.78 is 7.80. The number of benzene rings is 7. The van der Waals surface area contributed by atoms with Crippen LogP contribution in [-0.2, 0) is 0 Å². The largest absolute Gasteiger partial charge is 0.456 e. The summed E-state index contributed by atoms with van der Waals surface area (Å²) >= 11 is 0. The Morgan fingerprint density at radius 1 is 0.510 bits per heavy atom. The number of aromatic nitrogens is 3. The second kappa shape index (κ2) is 10.7. The summed E-state index contributed by atoms with van der Waals surface area (Å²) in [5, 5.41) is 5.18. The highest BCUT2D eigenvalue weighted by molar-refractivity contribution is 6.14. The molecule has 10 aromatic rings. The van der Waals surface area contributed by atoms with Crippen LogP contribution in [-0.4, -0.2) is 14.5 Å². The lowest BCUT2D eigenvalue weighted by Gasteiger charge is -2.14. The summed E-state index contributed by atoms with van der Waals surface area (Å²) in [7, 11) is 0. The first-order valence-corrected chi connectivity index (χ1v) is 16.3. The molecule has 5 nitrogen and oxygen atoms in total. The summed E-state index contributed by atoms with van der Waals surface area (Å²) in [6, 6.07) is 53.2. The second-order valence-electron chi connectivity index (χ2n) is 12.4. The smallest absolute Gasteiger partial charge is 0.266 e. The minimum absolute atomic E-state index is 0.0851. The molecule has 1 N–H and O–H groups in total. The average Bonchev–Trinajstić information content (AvgIpc) is 3.73. The van der Waals surface area contributed by atoms with E-state index in [9.17, 15) is 4.79 Å². The van der Waals surface area contributed by atoms with Gasteiger partial charge in [-0.25, -0.2) is 4.98 Å². The van der Waals surface area contributed by atoms with E-state index < -0.39 is 0 Å². The highest BCUT2D eigenvalue weighted by Gasteiger charge is 2.16. The van der Waals surface area contributed by atoms with Crippen LogP contribution in [0.2, 0.25) is 0 Å². The zero-order valence-electron chi connectivity index (χ0n) is 26.2. The molecule has 0 radical (unpaired) electrons. The van der Waals surface area contributed by atoms with Gasteiger partial charge in [0.1, 0.15) is 17.0 Å². The van der Waals surface area contributed by atoms with Crippen LogP contribution < -0.4 is 5.56 Å². The van der Waals surface area contributed by atoms with E-state index in [-0.39, 0.29) is 5.56 Å². The Hall–Kier alpha value is -6.72. The van der Waals surface area contributed by atoms with Crippen molar-refractivity contribution < 1.29 is 4.42 Å². The average molecular weight is 630 g/mol. The Kier molecular flexibility index (Phi) is 5.96. The lowest BCUT2D eigenvalue weighted by Crippen LogP contribution is -2.21. The van der Waals surface area contributed by atoms with Crippen LogP contribution in [0.1, 0.15) is 0 Å². The Labute approximate surface area is 280 Å². The molecule has 7 aromatic carbocycles. The van der Waals surface area contributed by atoms with Gasteiger partial charge in [0, 0.05) is 38.2 Å². The summed E-state index contributed by atoms with van der Waals surface area (Å²) in [5.41, 5.74) is 10.7. The zero-order valence-corrected chi connectivity index (χ0v) is 26.2. The lowest BCUT2D eigenvalue weighted by atomic mass is 9.98. The number of aromatic amines is 1. The topological polar surface area (TPSA) is 63.8 Å². The molecule has 230 valence electrons. The van der Waals surface area contributed by atoms with Gasteiger partial charge in [-0.05, 0) is 71.3 Å². The molecule has 0 bridgehead atoms. The van der Waals surface area contributed by atoms with Crippen molar-refractivity contribution in [1.29, 1.82) is 0 Å². The molecule has 0 saturated carbocycles. The molecule has 0 saturated heterocycles. The van der Waals surface area contributed by atoms with Gasteiger partial charge in [0.2, 0.25) is 0 Å². The monoisotopic (exact) mass is 629 g/mol. The van der Waals surface area contributed by atoms with Crippen LogP contribution in [0.4, 0.5) is 0 Å². The SMILES string of the molecule is O=c1c2ccccc2nc(-c2ccc(-c3ccc4[nH]c5c(-c6ccc7oc8ccccc8c7c6)cccc5c4c3)cc2)n1-c1ccccc1. The van der Waals surface area contributed by atoms with E-state index in [2.05, 4.69) is 96.0 Å². The van der Waals surface area contributed by atoms with E-state index in [0.717, 1.165) is 66.5 Å². The molecule has 0 unspecified atom stereocenters. The van der Waals surface area contributed by atoms with Crippen molar-refractivity contribution in [3.05, 3.63) is 168 Å². The van der Waals surface area contributed by atoms with E-state index in [4.69, 9.17) is 9.40 Å². The fourth-order valence-electron chi connectivity index (χ4n) is 7.19. The van der Waals surface area contributed by atoms with Gasteiger partial charge in [-0.15, -0.1) is 0 Å². The maximum Gasteiger partial charge on any atom is 0.266 e. The van der Waals surface area contributed by atoms with Gasteiger partial charge >= 0.3 is 0 Å². The van der Waals surface area contributed by atoms with Crippen molar-refractivity contribution in [3.8, 4) is 39.3 Å². The third-order valence-corrected chi connectivity index (χ3v) is 9.59. The van der Waals surface area contributed by atoms with Crippen molar-refractivity contribution in [2.24, 2.45) is 0 Å². The number of H-pyrrole nitrogens is 1. The molecule has 3 heterocycles. The molecular weight excluding hydrogens is 603 g/mol. The van der Waals surface area contributed by atoms with Gasteiger partial charge in [0.25, 0.3) is 5.56 Å². The highest BCUT2D eigenvalue weighted by atomic mass is 16.3. The number of para-hydroxylation sites is 4. The van der Waals surface area contributed by atoms with Gasteiger partial charge in [0.05, 0.1) is 22.1 Å². The summed E-state index contributed by atoms with van der Waals surface area (Å²) in [4.78, 5) is 22.4. The van der Waals surface area contributed by atoms with E-state index in [1.165, 1.54) is 10.8 Å². The standard InChI is InChI=1S/C44H27N3O2/c48-44-35-12-4-6-15-38(35)46-43(47(44)31-9-2-1-3-10-31)28-19-17-27(18-20-28)29-21-23-39-36(25-29)34-14-8-13-32(42(34)45-39)30-22-24-41-37(26-30)33-11-5-7-16-40(33)49-41/h1-26,45H. The molecule has 0 amide bonds. The Balaban J connectivity index is 1.06. The van der Waals surface area contributed by atoms with Gasteiger partial charge < -0.3 is 9.40 Å². The van der Waals surface area contributed by atoms with Crippen molar-refractivity contribution in [2.75, 3.05) is 0 Å². The number of fused-ring (bicyclic) bond motifs is 7. The molecular formula is C44H27N3O2. The maximum atomic E-state index is 13.7. The van der Waals surface area contributed by atoms with Gasteiger partial charge in [-0.1, -0.05) is 103 Å². The van der Waals surface area contributed by atoms with Crippen LogP contribution >= 0.6 is 0 Å². The van der Waals surface area contributed by atoms with Crippen LogP contribution in [0, 0.1) is 0 Å². The quantitative estimate of drug-likeness (QED) is 0.211. The number of rotatable bonds is 4. The van der Waals surface area contributed by atoms with Crippen molar-refractivity contribution >= 4 is 54.6 Å². The molecule has 0 aliphatic heterocycles. The Morgan fingerprint density at radius 3 is 2.06 bits per heavy atom. The molecule has 5 heteroatoms. The molecule has 3 aromatic heterocycles.